The molecule has 0 saturated carbocycles. The molecule has 1 aliphatic heterocycles. The Hall–Kier alpha value is -1.80. The lowest BCUT2D eigenvalue weighted by Crippen LogP contribution is -2.60. The Bertz CT molecular complexity index is 546. The third-order valence-electron chi connectivity index (χ3n) is 3.85. The molecule has 0 aromatic heterocycles. The fraction of sp³-hybridized carbons (Fsp3) is 0.846. The van der Waals surface area contributed by atoms with E-state index in [1.165, 1.54) is 7.11 Å². The van der Waals surface area contributed by atoms with Crippen LogP contribution in [0.1, 0.15) is 6.42 Å². The Labute approximate surface area is 170 Å². The Morgan fingerprint density at radius 1 is 1.18 bits per heavy atom. The monoisotopic (exact) mass is 444 g/mol. The molecule has 1 heterocycles. The average molecular weight is 445 g/mol. The standard InChI is InChI=1S/C13H22Cl2N6O7/c1-27-10-6-8(17-13(24)21(19-26)5-3-15)11(22)9(28-10)7-16-12(23)20(18-25)4-2-14/h8-11,22H,2-7H2,1H3,(H,16,23)(H,17,24). The fourth-order valence-corrected chi connectivity index (χ4v) is 2.75. The van der Waals surface area contributed by atoms with Gasteiger partial charge in [-0.25, -0.2) is 9.59 Å². The fourth-order valence-electron chi connectivity index (χ4n) is 2.43. The van der Waals surface area contributed by atoms with Crippen LogP contribution in [0.25, 0.3) is 0 Å². The number of hydrogen-bond acceptors (Lipinski definition) is 9. The van der Waals surface area contributed by atoms with E-state index >= 15 is 0 Å². The van der Waals surface area contributed by atoms with Crippen molar-refractivity contribution >= 4 is 35.3 Å². The van der Waals surface area contributed by atoms with Crippen molar-refractivity contribution in [1.29, 1.82) is 0 Å². The Morgan fingerprint density at radius 2 is 1.75 bits per heavy atom. The van der Waals surface area contributed by atoms with Gasteiger partial charge in [-0.3, -0.25) is 0 Å². The SMILES string of the molecule is COC1CC(NC(=O)N(CCCl)N=O)C(O)C(CNC(=O)N(CCCl)N=O)O1. The molecule has 0 bridgehead atoms. The van der Waals surface area contributed by atoms with Crippen LogP contribution in [0.15, 0.2) is 10.6 Å². The maximum atomic E-state index is 12.1. The van der Waals surface area contributed by atoms with Crippen molar-refractivity contribution in [3.05, 3.63) is 9.81 Å². The van der Waals surface area contributed by atoms with Crippen molar-refractivity contribution in [2.24, 2.45) is 10.6 Å². The van der Waals surface area contributed by atoms with Gasteiger partial charge >= 0.3 is 12.1 Å². The predicted molar refractivity (Wildman–Crippen MR) is 98.5 cm³/mol. The maximum absolute atomic E-state index is 12.1. The highest BCUT2D eigenvalue weighted by Crippen LogP contribution is 2.21. The van der Waals surface area contributed by atoms with E-state index in [1.54, 1.807) is 0 Å². The highest BCUT2D eigenvalue weighted by atomic mass is 35.5. The van der Waals surface area contributed by atoms with Gasteiger partial charge in [0.25, 0.3) is 0 Å². The number of halogens is 2. The van der Waals surface area contributed by atoms with Gasteiger partial charge in [0.15, 0.2) is 6.29 Å². The Kier molecular flexibility index (Phi) is 10.9. The van der Waals surface area contributed by atoms with E-state index in [-0.39, 0.29) is 37.8 Å². The first-order valence-corrected chi connectivity index (χ1v) is 9.26. The maximum Gasteiger partial charge on any atom is 0.340 e. The van der Waals surface area contributed by atoms with Crippen LogP contribution in [0, 0.1) is 9.81 Å². The van der Waals surface area contributed by atoms with E-state index in [2.05, 4.69) is 21.2 Å². The third-order valence-corrected chi connectivity index (χ3v) is 4.19. The molecular formula is C13H22Cl2N6O7. The number of nitroso groups, excluding NO2 is 2. The van der Waals surface area contributed by atoms with Crippen molar-refractivity contribution < 1.29 is 24.2 Å². The molecule has 1 aliphatic rings. The predicted octanol–water partition coefficient (Wildman–Crippen LogP) is 0.341. The molecule has 1 fully saturated rings. The number of alkyl halides is 2. The van der Waals surface area contributed by atoms with E-state index in [0.717, 1.165) is 0 Å². The van der Waals surface area contributed by atoms with E-state index in [4.69, 9.17) is 32.7 Å². The van der Waals surface area contributed by atoms with Crippen LogP contribution in [0.3, 0.4) is 0 Å². The number of carbonyl (C=O) groups excluding carboxylic acids is 2. The molecule has 4 amide bonds. The molecule has 4 atom stereocenters. The zero-order chi connectivity index (χ0) is 21.1. The van der Waals surface area contributed by atoms with Crippen molar-refractivity contribution in [3.63, 3.8) is 0 Å². The summed E-state index contributed by atoms with van der Waals surface area (Å²) in [5.41, 5.74) is 0. The number of amides is 4. The molecule has 28 heavy (non-hydrogen) atoms. The molecular weight excluding hydrogens is 423 g/mol. The molecule has 4 unspecified atom stereocenters. The van der Waals surface area contributed by atoms with Crippen LogP contribution in [-0.2, 0) is 9.47 Å². The molecule has 0 spiro atoms. The van der Waals surface area contributed by atoms with E-state index < -0.39 is 36.6 Å². The number of nitrogens with zero attached hydrogens (tertiary/aromatic N) is 4. The zero-order valence-electron chi connectivity index (χ0n) is 15.0. The first-order chi connectivity index (χ1) is 13.4. The van der Waals surface area contributed by atoms with Gasteiger partial charge in [0, 0.05) is 31.8 Å². The number of hydrogen-bond donors (Lipinski definition) is 3. The number of nitrogens with one attached hydrogen (secondary N) is 2. The second-order valence-electron chi connectivity index (χ2n) is 5.60. The molecule has 1 rings (SSSR count). The number of urea groups is 2. The van der Waals surface area contributed by atoms with E-state index in [1.807, 2.05) is 0 Å². The largest absolute Gasteiger partial charge is 0.388 e. The topological polar surface area (TPSA) is 162 Å². The molecule has 0 radical (unpaired) electrons. The van der Waals surface area contributed by atoms with E-state index in [0.29, 0.717) is 10.0 Å². The van der Waals surface area contributed by atoms with Gasteiger partial charge in [-0.2, -0.15) is 10.0 Å². The number of aliphatic hydroxyl groups excluding tert-OH is 1. The Morgan fingerprint density at radius 3 is 2.25 bits per heavy atom. The summed E-state index contributed by atoms with van der Waals surface area (Å²) in [4.78, 5) is 45.3. The zero-order valence-corrected chi connectivity index (χ0v) is 16.5. The summed E-state index contributed by atoms with van der Waals surface area (Å²) in [5, 5.41) is 21.6. The molecule has 0 aromatic rings. The highest BCUT2D eigenvalue weighted by Gasteiger charge is 2.39. The van der Waals surface area contributed by atoms with Crippen LogP contribution in [0.4, 0.5) is 9.59 Å². The normalized spacial score (nSPS) is 24.1. The van der Waals surface area contributed by atoms with Gasteiger partial charge in [-0.05, 0) is 0 Å². The smallest absolute Gasteiger partial charge is 0.340 e. The molecule has 160 valence electrons. The van der Waals surface area contributed by atoms with Crippen LogP contribution < -0.4 is 10.6 Å². The summed E-state index contributed by atoms with van der Waals surface area (Å²) in [6, 6.07) is -2.54. The lowest BCUT2D eigenvalue weighted by molar-refractivity contribution is -0.217. The van der Waals surface area contributed by atoms with Gasteiger partial charge in [0.05, 0.1) is 29.7 Å². The van der Waals surface area contributed by atoms with Gasteiger partial charge in [0.1, 0.15) is 12.2 Å². The van der Waals surface area contributed by atoms with Gasteiger partial charge in [-0.1, -0.05) is 0 Å². The molecule has 15 heteroatoms. The quantitative estimate of drug-likeness (QED) is 0.248. The lowest BCUT2D eigenvalue weighted by Gasteiger charge is -2.39. The summed E-state index contributed by atoms with van der Waals surface area (Å²) in [6.07, 6.45) is -2.96. The number of ether oxygens (including phenoxy) is 2. The molecule has 13 nitrogen and oxygen atoms in total. The Balaban J connectivity index is 2.74. The summed E-state index contributed by atoms with van der Waals surface area (Å²) < 4.78 is 10.6. The number of carbonyl (C=O) groups is 2. The lowest BCUT2D eigenvalue weighted by atomic mass is 9.98. The average Bonchev–Trinajstić information content (AvgIpc) is 2.70. The summed E-state index contributed by atoms with van der Waals surface area (Å²) >= 11 is 11.0. The van der Waals surface area contributed by atoms with Gasteiger partial charge < -0.3 is 25.2 Å². The summed E-state index contributed by atoms with van der Waals surface area (Å²) in [6.45, 7) is -0.421. The number of aliphatic hydroxyl groups is 1. The van der Waals surface area contributed by atoms with Crippen LogP contribution in [-0.4, -0.2) is 90.2 Å². The summed E-state index contributed by atoms with van der Waals surface area (Å²) in [7, 11) is 1.36. The minimum Gasteiger partial charge on any atom is -0.388 e. The molecule has 1 saturated heterocycles. The molecule has 3 N–H and O–H groups in total. The van der Waals surface area contributed by atoms with Crippen LogP contribution >= 0.6 is 23.2 Å². The minimum absolute atomic E-state index is 0.00510. The van der Waals surface area contributed by atoms with Gasteiger partial charge in [-0.15, -0.1) is 33.0 Å². The molecule has 0 aliphatic carbocycles. The van der Waals surface area contributed by atoms with Crippen molar-refractivity contribution in [1.82, 2.24) is 20.7 Å². The van der Waals surface area contributed by atoms with Crippen molar-refractivity contribution in [2.45, 2.75) is 31.0 Å². The van der Waals surface area contributed by atoms with E-state index in [9.17, 15) is 24.5 Å². The van der Waals surface area contributed by atoms with Crippen LogP contribution in [0.5, 0.6) is 0 Å². The molecule has 0 aromatic carbocycles. The summed E-state index contributed by atoms with van der Waals surface area (Å²) in [5.74, 6) is -0.000445. The highest BCUT2D eigenvalue weighted by molar-refractivity contribution is 6.18. The second kappa shape index (κ2) is 12.6. The van der Waals surface area contributed by atoms with Crippen molar-refractivity contribution in [3.8, 4) is 0 Å². The number of methoxy groups -OCH3 is 1. The van der Waals surface area contributed by atoms with Crippen LogP contribution in [0.2, 0.25) is 0 Å². The second-order valence-corrected chi connectivity index (χ2v) is 6.35. The van der Waals surface area contributed by atoms with Gasteiger partial charge in [0.2, 0.25) is 0 Å². The van der Waals surface area contributed by atoms with Crippen molar-refractivity contribution in [2.75, 3.05) is 38.5 Å². The third kappa shape index (κ3) is 6.98. The first kappa shape index (κ1) is 24.2. The minimum atomic E-state index is -1.26. The first-order valence-electron chi connectivity index (χ1n) is 8.19. The number of rotatable bonds is 10.